The summed E-state index contributed by atoms with van der Waals surface area (Å²) in [5.74, 6) is 3.36. The Balaban J connectivity index is 1.44. The molecule has 2 aromatic rings. The van der Waals surface area contributed by atoms with Crippen LogP contribution in [0.25, 0.3) is 0 Å². The fourth-order valence-electron chi connectivity index (χ4n) is 3.78. The molecule has 4 nitrogen and oxygen atoms in total. The number of thioether (sulfide) groups is 1. The van der Waals surface area contributed by atoms with Crippen LogP contribution in [0.5, 0.6) is 11.5 Å². The highest BCUT2D eigenvalue weighted by atomic mass is 32.2. The van der Waals surface area contributed by atoms with Crippen LogP contribution in [-0.2, 0) is 22.4 Å². The van der Waals surface area contributed by atoms with E-state index >= 15 is 0 Å². The van der Waals surface area contributed by atoms with Crippen LogP contribution in [0, 0.1) is 0 Å². The lowest BCUT2D eigenvalue weighted by Crippen LogP contribution is -2.04. The van der Waals surface area contributed by atoms with E-state index in [0.717, 1.165) is 36.8 Å². The average molecular weight is 471 g/mol. The summed E-state index contributed by atoms with van der Waals surface area (Å²) in [4.78, 5) is 22.4. The summed E-state index contributed by atoms with van der Waals surface area (Å²) >= 11 is 2.07. The number of carbonyl (C=O) groups is 2. The van der Waals surface area contributed by atoms with E-state index in [1.807, 2.05) is 48.5 Å². The summed E-state index contributed by atoms with van der Waals surface area (Å²) in [6.45, 7) is 2.89. The molecule has 5 heteroatoms. The van der Waals surface area contributed by atoms with E-state index in [-0.39, 0.29) is 11.9 Å². The summed E-state index contributed by atoms with van der Waals surface area (Å²) in [7, 11) is 0. The maximum Gasteiger partial charge on any atom is 0.308 e. The van der Waals surface area contributed by atoms with E-state index in [1.54, 1.807) is 0 Å². The van der Waals surface area contributed by atoms with E-state index < -0.39 is 0 Å². The van der Waals surface area contributed by atoms with Crippen molar-refractivity contribution in [2.45, 2.75) is 78.1 Å². The fraction of sp³-hybridized carbons (Fsp3) is 0.500. The van der Waals surface area contributed by atoms with Gasteiger partial charge >= 0.3 is 11.9 Å². The zero-order valence-corrected chi connectivity index (χ0v) is 21.0. The predicted octanol–water partition coefficient (Wildman–Crippen LogP) is 7.18. The third-order valence-electron chi connectivity index (χ3n) is 5.42. The summed E-state index contributed by atoms with van der Waals surface area (Å²) < 4.78 is 10.6. The normalized spacial score (nSPS) is 10.7. The lowest BCUT2D eigenvalue weighted by Gasteiger charge is -2.09. The van der Waals surface area contributed by atoms with Crippen LogP contribution in [0.15, 0.2) is 48.5 Å². The molecular weight excluding hydrogens is 432 g/mol. The van der Waals surface area contributed by atoms with Gasteiger partial charge in [0.2, 0.25) is 0 Å². The molecule has 0 unspecified atom stereocenters. The molecule has 0 aliphatic heterocycles. The third kappa shape index (κ3) is 12.0. The molecule has 0 atom stereocenters. The minimum absolute atomic E-state index is 0.260. The van der Waals surface area contributed by atoms with Gasteiger partial charge in [-0.3, -0.25) is 9.59 Å². The molecule has 0 saturated heterocycles. The zero-order valence-electron chi connectivity index (χ0n) is 20.1. The lowest BCUT2D eigenvalue weighted by molar-refractivity contribution is -0.132. The van der Waals surface area contributed by atoms with Gasteiger partial charge in [-0.2, -0.15) is 11.8 Å². The second kappa shape index (κ2) is 16.4. The molecule has 0 aliphatic rings. The Kier molecular flexibility index (Phi) is 13.4. The number of hydrogen-bond acceptors (Lipinski definition) is 5. The molecule has 0 fully saturated rings. The largest absolute Gasteiger partial charge is 0.426 e. The molecule has 0 heterocycles. The number of ether oxygens (including phenoxy) is 2. The van der Waals surface area contributed by atoms with Crippen LogP contribution in [0.1, 0.15) is 76.3 Å². The van der Waals surface area contributed by atoms with E-state index in [1.165, 1.54) is 63.9 Å². The molecule has 0 aromatic heterocycles. The highest BCUT2D eigenvalue weighted by Gasteiger charge is 2.06. The summed E-state index contributed by atoms with van der Waals surface area (Å²) in [5, 5.41) is 0. The monoisotopic (exact) mass is 470 g/mol. The summed E-state index contributed by atoms with van der Waals surface area (Å²) in [5.41, 5.74) is 2.24. The Morgan fingerprint density at radius 1 is 0.606 bits per heavy atom. The second-order valence-corrected chi connectivity index (χ2v) is 9.57. The topological polar surface area (TPSA) is 52.6 Å². The molecule has 0 radical (unpaired) electrons. The van der Waals surface area contributed by atoms with E-state index in [2.05, 4.69) is 11.8 Å². The van der Waals surface area contributed by atoms with Crippen molar-refractivity contribution in [1.29, 1.82) is 0 Å². The molecule has 33 heavy (non-hydrogen) atoms. The van der Waals surface area contributed by atoms with Gasteiger partial charge in [0.1, 0.15) is 11.5 Å². The fourth-order valence-corrected chi connectivity index (χ4v) is 4.80. The Bertz CT molecular complexity index is 780. The van der Waals surface area contributed by atoms with Crippen LogP contribution < -0.4 is 9.47 Å². The molecule has 0 N–H and O–H groups in total. The van der Waals surface area contributed by atoms with Gasteiger partial charge in [-0.25, -0.2) is 0 Å². The first kappa shape index (κ1) is 27.0. The third-order valence-corrected chi connectivity index (χ3v) is 6.58. The first-order chi connectivity index (χ1) is 16.1. The van der Waals surface area contributed by atoms with E-state index in [4.69, 9.17) is 9.47 Å². The number of aryl methyl sites for hydroxylation is 2. The number of rotatable bonds is 16. The van der Waals surface area contributed by atoms with Crippen molar-refractivity contribution >= 4 is 23.7 Å². The number of esters is 2. The Hall–Kier alpha value is -2.27. The minimum Gasteiger partial charge on any atom is -0.426 e. The Morgan fingerprint density at radius 3 is 1.42 bits per heavy atom. The SMILES string of the molecule is CC(=O)Oc1ccccc1CCCCCCSCCCCCCc1ccccc1OC(C)=O. The predicted molar refractivity (Wildman–Crippen MR) is 137 cm³/mol. The summed E-state index contributed by atoms with van der Waals surface area (Å²) in [6.07, 6.45) is 11.6. The van der Waals surface area contributed by atoms with Crippen molar-refractivity contribution in [3.05, 3.63) is 59.7 Å². The van der Waals surface area contributed by atoms with Gasteiger partial charge in [0.05, 0.1) is 0 Å². The highest BCUT2D eigenvalue weighted by molar-refractivity contribution is 7.99. The van der Waals surface area contributed by atoms with Gasteiger partial charge in [-0.05, 0) is 73.3 Å². The zero-order chi connectivity index (χ0) is 23.7. The summed E-state index contributed by atoms with van der Waals surface area (Å²) in [6, 6.07) is 15.7. The Morgan fingerprint density at radius 2 is 1.00 bits per heavy atom. The van der Waals surface area contributed by atoms with Crippen molar-refractivity contribution in [3.63, 3.8) is 0 Å². The van der Waals surface area contributed by atoms with Crippen molar-refractivity contribution in [3.8, 4) is 11.5 Å². The number of para-hydroxylation sites is 2. The maximum absolute atomic E-state index is 11.2. The first-order valence-electron chi connectivity index (χ1n) is 12.2. The van der Waals surface area contributed by atoms with Gasteiger partial charge in [-0.1, -0.05) is 62.1 Å². The molecule has 0 aliphatic carbocycles. The smallest absolute Gasteiger partial charge is 0.308 e. The molecule has 0 amide bonds. The molecule has 180 valence electrons. The second-order valence-electron chi connectivity index (χ2n) is 8.34. The van der Waals surface area contributed by atoms with Gasteiger partial charge in [-0.15, -0.1) is 0 Å². The van der Waals surface area contributed by atoms with Crippen molar-refractivity contribution in [1.82, 2.24) is 0 Å². The van der Waals surface area contributed by atoms with Gasteiger partial charge < -0.3 is 9.47 Å². The molecule has 2 rings (SSSR count). The highest BCUT2D eigenvalue weighted by Crippen LogP contribution is 2.22. The molecule has 0 saturated carbocycles. The van der Waals surface area contributed by atoms with Crippen LogP contribution >= 0.6 is 11.8 Å². The van der Waals surface area contributed by atoms with Gasteiger partial charge in [0.15, 0.2) is 0 Å². The van der Waals surface area contributed by atoms with Crippen LogP contribution in [0.3, 0.4) is 0 Å². The average Bonchev–Trinajstić information content (AvgIpc) is 2.78. The standard InChI is InChI=1S/C28H38O4S/c1-23(29)31-27-19-11-9-17-25(27)15-7-3-5-13-21-33-22-14-6-4-8-16-26-18-10-12-20-28(26)32-24(2)30/h9-12,17-20H,3-8,13-16,21-22H2,1-2H3. The molecule has 0 spiro atoms. The number of benzene rings is 2. The van der Waals surface area contributed by atoms with Crippen LogP contribution in [0.2, 0.25) is 0 Å². The van der Waals surface area contributed by atoms with Crippen molar-refractivity contribution in [2.24, 2.45) is 0 Å². The van der Waals surface area contributed by atoms with E-state index in [9.17, 15) is 9.59 Å². The first-order valence-corrected chi connectivity index (χ1v) is 13.3. The molecule has 0 bridgehead atoms. The van der Waals surface area contributed by atoms with Gasteiger partial charge in [0.25, 0.3) is 0 Å². The Labute approximate surface area is 203 Å². The molecular formula is C28H38O4S. The van der Waals surface area contributed by atoms with Crippen LogP contribution in [-0.4, -0.2) is 23.4 Å². The molecule has 2 aromatic carbocycles. The van der Waals surface area contributed by atoms with Crippen molar-refractivity contribution < 1.29 is 19.1 Å². The maximum atomic E-state index is 11.2. The number of unbranched alkanes of at least 4 members (excludes halogenated alkanes) is 6. The van der Waals surface area contributed by atoms with E-state index in [0.29, 0.717) is 11.5 Å². The quantitative estimate of drug-likeness (QED) is 0.148. The van der Waals surface area contributed by atoms with Crippen LogP contribution in [0.4, 0.5) is 0 Å². The van der Waals surface area contributed by atoms with Gasteiger partial charge in [0, 0.05) is 13.8 Å². The lowest BCUT2D eigenvalue weighted by atomic mass is 10.1. The number of carbonyl (C=O) groups excluding carboxylic acids is 2. The van der Waals surface area contributed by atoms with Crippen molar-refractivity contribution in [2.75, 3.05) is 11.5 Å². The minimum atomic E-state index is -0.260. The number of hydrogen-bond donors (Lipinski definition) is 0.